The lowest BCUT2D eigenvalue weighted by Gasteiger charge is -2.40. The zero-order chi connectivity index (χ0) is 30.8. The number of ether oxygens (including phenoxy) is 2. The van der Waals surface area contributed by atoms with E-state index in [4.69, 9.17) is 9.47 Å². The second-order valence-electron chi connectivity index (χ2n) is 12.2. The van der Waals surface area contributed by atoms with E-state index in [1.54, 1.807) is 22.8 Å². The fourth-order valence-electron chi connectivity index (χ4n) is 7.77. The van der Waals surface area contributed by atoms with Crippen molar-refractivity contribution in [1.82, 2.24) is 4.90 Å². The van der Waals surface area contributed by atoms with E-state index in [1.807, 2.05) is 45.0 Å². The zero-order valence-electron chi connectivity index (χ0n) is 26.2. The second-order valence-corrected chi connectivity index (χ2v) is 12.2. The van der Waals surface area contributed by atoms with Gasteiger partial charge in [-0.1, -0.05) is 26.8 Å². The minimum Gasteiger partial charge on any atom is -0.466 e. The van der Waals surface area contributed by atoms with Crippen molar-refractivity contribution >= 4 is 29.2 Å². The normalized spacial score (nSPS) is 28.6. The van der Waals surface area contributed by atoms with Gasteiger partial charge in [-0.15, -0.1) is 6.58 Å². The molecule has 1 aromatic rings. The maximum atomic E-state index is 14.8. The molecule has 3 aliphatic heterocycles. The summed E-state index contributed by atoms with van der Waals surface area (Å²) >= 11 is 0. The second kappa shape index (κ2) is 12.8. The first-order valence-electron chi connectivity index (χ1n) is 15.7. The third-order valence-corrected chi connectivity index (χ3v) is 9.61. The maximum absolute atomic E-state index is 14.8. The maximum Gasteiger partial charge on any atom is 0.312 e. The molecule has 232 valence electrons. The molecule has 0 radical (unpaired) electrons. The number of carbonyl (C=O) groups is 3. The van der Waals surface area contributed by atoms with Crippen molar-refractivity contribution in [3.63, 3.8) is 0 Å². The number of aliphatic hydroxyl groups excluding tert-OH is 1. The lowest BCUT2D eigenvalue weighted by Crippen LogP contribution is -2.59. The summed E-state index contributed by atoms with van der Waals surface area (Å²) < 4.78 is 12.3. The molecule has 2 amide bonds. The van der Waals surface area contributed by atoms with Gasteiger partial charge < -0.3 is 29.3 Å². The van der Waals surface area contributed by atoms with Crippen LogP contribution in [0.5, 0.6) is 0 Å². The number of fused-ring (bicyclic) bond motifs is 1. The molecule has 4 rings (SSSR count). The number of hydrogen-bond acceptors (Lipinski definition) is 7. The van der Waals surface area contributed by atoms with Gasteiger partial charge in [0.25, 0.3) is 5.91 Å². The molecule has 0 aliphatic carbocycles. The molecule has 0 aromatic heterocycles. The molecule has 6 atom stereocenters. The van der Waals surface area contributed by atoms with Gasteiger partial charge in [0.2, 0.25) is 5.91 Å². The minimum absolute atomic E-state index is 0.167. The van der Waals surface area contributed by atoms with Crippen LogP contribution in [0.3, 0.4) is 0 Å². The van der Waals surface area contributed by atoms with Crippen molar-refractivity contribution in [1.29, 1.82) is 0 Å². The predicted octanol–water partition coefficient (Wildman–Crippen LogP) is 4.18. The molecule has 1 spiro atoms. The number of amides is 2. The number of benzene rings is 1. The minimum atomic E-state index is -1.19. The Kier molecular flexibility index (Phi) is 9.72. The lowest BCUT2D eigenvalue weighted by atomic mass is 9.65. The van der Waals surface area contributed by atoms with E-state index in [1.165, 1.54) is 0 Å². The summed E-state index contributed by atoms with van der Waals surface area (Å²) in [5, 5.41) is 10.6. The molecular weight excluding hydrogens is 534 g/mol. The highest BCUT2D eigenvalue weighted by atomic mass is 16.6. The van der Waals surface area contributed by atoms with E-state index >= 15 is 0 Å². The number of aliphatic hydroxyl groups is 1. The topological polar surface area (TPSA) is 99.6 Å². The predicted molar refractivity (Wildman–Crippen MR) is 163 cm³/mol. The summed E-state index contributed by atoms with van der Waals surface area (Å²) in [6.07, 6.45) is 3.75. The number of esters is 1. The van der Waals surface area contributed by atoms with Crippen molar-refractivity contribution in [2.24, 2.45) is 17.8 Å². The molecule has 1 aromatic carbocycles. The summed E-state index contributed by atoms with van der Waals surface area (Å²) in [6.45, 7) is 17.7. The van der Waals surface area contributed by atoms with Crippen molar-refractivity contribution in [3.05, 3.63) is 36.9 Å². The highest BCUT2D eigenvalue weighted by Crippen LogP contribution is 2.65. The van der Waals surface area contributed by atoms with Crippen LogP contribution in [0.2, 0.25) is 0 Å². The zero-order valence-corrected chi connectivity index (χ0v) is 26.2. The number of likely N-dealkylation sites (tertiary alicyclic amines) is 1. The Bertz CT molecular complexity index is 1150. The molecular formula is C33H49N3O6. The molecule has 1 N–H and O–H groups in total. The summed E-state index contributed by atoms with van der Waals surface area (Å²) in [4.78, 5) is 48.2. The van der Waals surface area contributed by atoms with E-state index in [2.05, 4.69) is 25.3 Å². The summed E-state index contributed by atoms with van der Waals surface area (Å²) in [6, 6.07) is 6.25. The van der Waals surface area contributed by atoms with Crippen LogP contribution in [-0.4, -0.2) is 83.9 Å². The SMILES string of the molecule is C=CCN(C(=O)C1N([C@@H](CO)CC(C)C)C(=O)[C@@H]2[C@H](C(=O)OCC)[C@]3(CC)CCC12O3)c1ccc(N(CC)CC)cc1. The number of anilines is 2. The van der Waals surface area contributed by atoms with E-state index in [0.29, 0.717) is 31.4 Å². The summed E-state index contributed by atoms with van der Waals surface area (Å²) in [5.74, 6) is -2.54. The van der Waals surface area contributed by atoms with Crippen LogP contribution in [0.1, 0.15) is 67.2 Å². The first kappa shape index (κ1) is 32.0. The van der Waals surface area contributed by atoms with Crippen molar-refractivity contribution in [3.8, 4) is 0 Å². The van der Waals surface area contributed by atoms with Crippen LogP contribution >= 0.6 is 0 Å². The van der Waals surface area contributed by atoms with Gasteiger partial charge in [-0.05, 0) is 76.6 Å². The third-order valence-electron chi connectivity index (χ3n) is 9.61. The number of nitrogens with zero attached hydrogens (tertiary/aromatic N) is 3. The Morgan fingerprint density at radius 3 is 2.31 bits per heavy atom. The van der Waals surface area contributed by atoms with Crippen LogP contribution in [0, 0.1) is 17.8 Å². The van der Waals surface area contributed by atoms with Crippen molar-refractivity contribution in [2.45, 2.75) is 90.5 Å². The Balaban J connectivity index is 1.83. The van der Waals surface area contributed by atoms with Gasteiger partial charge in [0.15, 0.2) is 0 Å². The molecule has 0 saturated carbocycles. The van der Waals surface area contributed by atoms with Gasteiger partial charge >= 0.3 is 5.97 Å². The first-order chi connectivity index (χ1) is 20.1. The molecule has 2 unspecified atom stereocenters. The van der Waals surface area contributed by atoms with Gasteiger partial charge in [-0.2, -0.15) is 0 Å². The molecule has 2 bridgehead atoms. The smallest absolute Gasteiger partial charge is 0.312 e. The van der Waals surface area contributed by atoms with Gasteiger partial charge in [-0.3, -0.25) is 14.4 Å². The Labute approximate surface area is 250 Å². The average Bonchev–Trinajstić information content (AvgIpc) is 3.59. The van der Waals surface area contributed by atoms with Crippen LogP contribution in [0.25, 0.3) is 0 Å². The van der Waals surface area contributed by atoms with Gasteiger partial charge in [0, 0.05) is 31.0 Å². The van der Waals surface area contributed by atoms with Crippen LogP contribution in [-0.2, 0) is 23.9 Å². The van der Waals surface area contributed by atoms with E-state index in [-0.39, 0.29) is 37.5 Å². The first-order valence-corrected chi connectivity index (χ1v) is 15.7. The van der Waals surface area contributed by atoms with Crippen LogP contribution < -0.4 is 9.80 Å². The van der Waals surface area contributed by atoms with Gasteiger partial charge in [-0.25, -0.2) is 0 Å². The Hall–Kier alpha value is -2.91. The molecule has 9 nitrogen and oxygen atoms in total. The molecule has 3 heterocycles. The average molecular weight is 584 g/mol. The van der Waals surface area contributed by atoms with Crippen LogP contribution in [0.15, 0.2) is 36.9 Å². The lowest BCUT2D eigenvalue weighted by molar-refractivity contribution is -0.161. The van der Waals surface area contributed by atoms with Gasteiger partial charge in [0.05, 0.1) is 30.8 Å². The van der Waals surface area contributed by atoms with Crippen molar-refractivity contribution < 1.29 is 29.0 Å². The Morgan fingerprint density at radius 1 is 1.14 bits per heavy atom. The van der Waals surface area contributed by atoms with E-state index < -0.39 is 41.1 Å². The summed E-state index contributed by atoms with van der Waals surface area (Å²) in [7, 11) is 0. The number of carbonyl (C=O) groups excluding carboxylic acids is 3. The molecule has 3 saturated heterocycles. The molecule has 9 heteroatoms. The van der Waals surface area contributed by atoms with E-state index in [9.17, 15) is 19.5 Å². The fraction of sp³-hybridized carbons (Fsp3) is 0.667. The highest BCUT2D eigenvalue weighted by molar-refractivity contribution is 6.05. The monoisotopic (exact) mass is 583 g/mol. The number of hydrogen-bond donors (Lipinski definition) is 1. The van der Waals surface area contributed by atoms with E-state index in [0.717, 1.165) is 18.8 Å². The standard InChI is InChI=1S/C33H49N3O6/c1-8-19-35(24-15-13-23(14-16-24)34(10-3)11-4)30(39)28-33-18-17-32(9-2,42-33)27(31(40)41-12-5)26(33)29(38)36(28)25(21-37)20-22(6)7/h8,13-16,22,25-28,37H,1,9-12,17-21H2,2-7H3/t25-,26+,27-,28?,32+,33?/m1/s1. The molecule has 3 aliphatic rings. The fourth-order valence-corrected chi connectivity index (χ4v) is 7.77. The molecule has 3 fully saturated rings. The van der Waals surface area contributed by atoms with Gasteiger partial charge in [0.1, 0.15) is 17.6 Å². The number of rotatable bonds is 14. The third kappa shape index (κ3) is 5.12. The highest BCUT2D eigenvalue weighted by Gasteiger charge is 2.79. The van der Waals surface area contributed by atoms with Crippen molar-refractivity contribution in [2.75, 3.05) is 42.6 Å². The quantitative estimate of drug-likeness (QED) is 0.259. The summed E-state index contributed by atoms with van der Waals surface area (Å²) in [5.41, 5.74) is -0.305. The largest absolute Gasteiger partial charge is 0.466 e. The Morgan fingerprint density at radius 2 is 1.79 bits per heavy atom. The van der Waals surface area contributed by atoms with Crippen LogP contribution in [0.4, 0.5) is 11.4 Å². The molecule has 42 heavy (non-hydrogen) atoms.